The average Bonchev–Trinajstić information content (AvgIpc) is 3.55. The lowest BCUT2D eigenvalue weighted by molar-refractivity contribution is -0.126. The number of ether oxygens (including phenoxy) is 1. The Morgan fingerprint density at radius 1 is 1.13 bits per heavy atom. The largest absolute Gasteiger partial charge is 0.454 e. The van der Waals surface area contributed by atoms with E-state index in [-0.39, 0.29) is 23.8 Å². The molecule has 3 atom stereocenters. The molecule has 1 fully saturated rings. The van der Waals surface area contributed by atoms with Gasteiger partial charge in [0.05, 0.1) is 24.1 Å². The van der Waals surface area contributed by atoms with Crippen molar-refractivity contribution in [3.8, 4) is 11.5 Å². The van der Waals surface area contributed by atoms with Gasteiger partial charge in [0.25, 0.3) is 0 Å². The highest BCUT2D eigenvalue weighted by molar-refractivity contribution is 8.01. The smallest absolute Gasteiger partial charge is 0.329 e. The highest BCUT2D eigenvalue weighted by Gasteiger charge is 2.47. The molecule has 2 N–H and O–H groups in total. The molecule has 4 amide bonds. The van der Waals surface area contributed by atoms with Crippen LogP contribution >= 0.6 is 11.8 Å². The topological polar surface area (TPSA) is 130 Å². The van der Waals surface area contributed by atoms with Gasteiger partial charge in [-0.1, -0.05) is 36.5 Å². The Labute approximate surface area is 222 Å². The molecule has 1 saturated heterocycles. The number of rotatable bonds is 6. The highest BCUT2D eigenvalue weighted by atomic mass is 32.2. The van der Waals surface area contributed by atoms with Crippen LogP contribution in [-0.2, 0) is 9.59 Å². The lowest BCUT2D eigenvalue weighted by Crippen LogP contribution is -2.50. The van der Waals surface area contributed by atoms with Gasteiger partial charge in [-0.05, 0) is 30.7 Å². The van der Waals surface area contributed by atoms with Gasteiger partial charge in [0.1, 0.15) is 16.0 Å². The Morgan fingerprint density at radius 2 is 1.92 bits per heavy atom. The summed E-state index contributed by atoms with van der Waals surface area (Å²) in [5.41, 5.74) is 1.33. The second-order valence-electron chi connectivity index (χ2n) is 8.97. The maximum atomic E-state index is 13.3. The van der Waals surface area contributed by atoms with Crippen molar-refractivity contribution < 1.29 is 19.1 Å². The number of carbonyl (C=O) groups excluding carboxylic acids is 3. The van der Waals surface area contributed by atoms with Gasteiger partial charge < -0.3 is 20.3 Å². The fourth-order valence-electron chi connectivity index (χ4n) is 4.82. The highest BCUT2D eigenvalue weighted by Crippen LogP contribution is 2.50. The molecule has 12 heteroatoms. The van der Waals surface area contributed by atoms with Crippen LogP contribution in [0.1, 0.15) is 18.0 Å². The van der Waals surface area contributed by atoms with E-state index < -0.39 is 17.3 Å². The molecule has 1 aromatic carbocycles. The van der Waals surface area contributed by atoms with Gasteiger partial charge in [0.2, 0.25) is 17.8 Å². The zero-order chi connectivity index (χ0) is 26.2. The molecule has 3 aromatic rings. The molecule has 0 saturated carbocycles. The van der Waals surface area contributed by atoms with Crippen LogP contribution in [0, 0.1) is 0 Å². The van der Waals surface area contributed by atoms with E-state index in [1.165, 1.54) is 35.1 Å². The summed E-state index contributed by atoms with van der Waals surface area (Å²) in [6, 6.07) is 9.81. The SMILES string of the molecule is C=CC(=O)N1CCC(NC(=O)[C@@H]2Sc3nccc4c3C2NC(=O)N4c2ncc(Oc3ccccc3)cn2)C1. The van der Waals surface area contributed by atoms with Crippen molar-refractivity contribution >= 4 is 41.2 Å². The van der Waals surface area contributed by atoms with Crippen LogP contribution in [0.3, 0.4) is 0 Å². The number of hydrogen-bond donors (Lipinski definition) is 2. The summed E-state index contributed by atoms with van der Waals surface area (Å²) >= 11 is 1.31. The quantitative estimate of drug-likeness (QED) is 0.467. The van der Waals surface area contributed by atoms with Crippen LogP contribution in [0.5, 0.6) is 11.5 Å². The minimum absolute atomic E-state index is 0.153. The first-order valence-electron chi connectivity index (χ1n) is 12.0. The number of amides is 4. The number of anilines is 2. The first-order chi connectivity index (χ1) is 18.5. The Kier molecular flexibility index (Phi) is 6.16. The predicted molar refractivity (Wildman–Crippen MR) is 139 cm³/mol. The Balaban J connectivity index is 1.20. The van der Waals surface area contributed by atoms with Crippen LogP contribution in [0.25, 0.3) is 0 Å². The summed E-state index contributed by atoms with van der Waals surface area (Å²) in [4.78, 5) is 54.7. The summed E-state index contributed by atoms with van der Waals surface area (Å²) in [5.74, 6) is 0.885. The molecule has 2 aromatic heterocycles. The maximum Gasteiger partial charge on any atom is 0.329 e. The van der Waals surface area contributed by atoms with Crippen molar-refractivity contribution in [3.05, 3.63) is 73.2 Å². The van der Waals surface area contributed by atoms with Gasteiger partial charge in [0.15, 0.2) is 5.75 Å². The average molecular weight is 530 g/mol. The van der Waals surface area contributed by atoms with Crippen molar-refractivity contribution in [3.63, 3.8) is 0 Å². The number of hydrogen-bond acceptors (Lipinski definition) is 8. The third-order valence-corrected chi connectivity index (χ3v) is 7.87. The summed E-state index contributed by atoms with van der Waals surface area (Å²) < 4.78 is 5.76. The van der Waals surface area contributed by atoms with E-state index in [0.717, 1.165) is 5.56 Å². The predicted octanol–water partition coefficient (Wildman–Crippen LogP) is 2.94. The Bertz CT molecular complexity index is 1420. The molecular weight excluding hydrogens is 506 g/mol. The maximum absolute atomic E-state index is 13.3. The van der Waals surface area contributed by atoms with E-state index in [0.29, 0.717) is 41.7 Å². The van der Waals surface area contributed by atoms with Crippen LogP contribution in [0.2, 0.25) is 0 Å². The van der Waals surface area contributed by atoms with Crippen molar-refractivity contribution in [1.82, 2.24) is 30.5 Å². The fraction of sp³-hybridized carbons (Fsp3) is 0.231. The molecule has 5 heterocycles. The summed E-state index contributed by atoms with van der Waals surface area (Å²) in [6.45, 7) is 4.51. The molecule has 6 rings (SSSR count). The summed E-state index contributed by atoms with van der Waals surface area (Å²) in [5, 5.41) is 6.05. The van der Waals surface area contributed by atoms with Crippen LogP contribution in [-0.4, -0.2) is 62.1 Å². The molecule has 192 valence electrons. The molecule has 3 aliphatic heterocycles. The first-order valence-corrected chi connectivity index (χ1v) is 12.9. The van der Waals surface area contributed by atoms with E-state index in [1.807, 2.05) is 30.3 Å². The standard InChI is InChI=1S/C26H23N7O4S/c1-2-19(34)32-11-9-15(14-32)30-23(35)22-21-20-18(8-10-27-24(20)38-22)33(26(36)31-21)25-28-12-17(13-29-25)37-16-6-4-3-5-7-16/h2-8,10,12-13,15,21-22H,1,9,11,14H2,(H,30,35)(H,31,36)/t15?,21?,22-/m1/s1. The first kappa shape index (κ1) is 23.9. The van der Waals surface area contributed by atoms with E-state index in [9.17, 15) is 14.4 Å². The van der Waals surface area contributed by atoms with Crippen LogP contribution in [0.15, 0.2) is 72.7 Å². The third-order valence-electron chi connectivity index (χ3n) is 6.58. The Morgan fingerprint density at radius 3 is 2.68 bits per heavy atom. The summed E-state index contributed by atoms with van der Waals surface area (Å²) in [6.07, 6.45) is 6.54. The molecule has 0 radical (unpaired) electrons. The van der Waals surface area contributed by atoms with Gasteiger partial charge >= 0.3 is 6.03 Å². The molecule has 38 heavy (non-hydrogen) atoms. The number of urea groups is 1. The number of pyridine rings is 1. The van der Waals surface area contributed by atoms with E-state index in [4.69, 9.17) is 4.74 Å². The second kappa shape index (κ2) is 9.78. The lowest BCUT2D eigenvalue weighted by atomic mass is 10.0. The number of carbonyl (C=O) groups is 3. The van der Waals surface area contributed by atoms with Crippen LogP contribution in [0.4, 0.5) is 16.4 Å². The third kappa shape index (κ3) is 4.32. The van der Waals surface area contributed by atoms with Gasteiger partial charge in [-0.25, -0.2) is 24.6 Å². The monoisotopic (exact) mass is 529 g/mol. The van der Waals surface area contributed by atoms with Crippen molar-refractivity contribution in [2.75, 3.05) is 18.0 Å². The minimum atomic E-state index is -0.600. The molecule has 0 spiro atoms. The van der Waals surface area contributed by atoms with E-state index >= 15 is 0 Å². The molecule has 11 nitrogen and oxygen atoms in total. The van der Waals surface area contributed by atoms with Gasteiger partial charge in [-0.15, -0.1) is 0 Å². The number of nitrogens with zero attached hydrogens (tertiary/aromatic N) is 5. The lowest BCUT2D eigenvalue weighted by Gasteiger charge is -2.33. The zero-order valence-corrected chi connectivity index (χ0v) is 20.9. The van der Waals surface area contributed by atoms with E-state index in [1.54, 1.807) is 17.2 Å². The fourth-order valence-corrected chi connectivity index (χ4v) is 6.05. The number of thioether (sulfide) groups is 1. The molecule has 3 aliphatic rings. The minimum Gasteiger partial charge on any atom is -0.454 e. The van der Waals surface area contributed by atoms with Crippen molar-refractivity contribution in [2.24, 2.45) is 0 Å². The van der Waals surface area contributed by atoms with Gasteiger partial charge in [-0.3, -0.25) is 9.59 Å². The molecule has 0 bridgehead atoms. The number of nitrogens with one attached hydrogen (secondary N) is 2. The summed E-state index contributed by atoms with van der Waals surface area (Å²) in [7, 11) is 0. The van der Waals surface area contributed by atoms with Crippen LogP contribution < -0.4 is 20.3 Å². The second-order valence-corrected chi connectivity index (χ2v) is 10.1. The van der Waals surface area contributed by atoms with Gasteiger partial charge in [0, 0.05) is 30.9 Å². The molecule has 0 aliphatic carbocycles. The number of aromatic nitrogens is 3. The number of benzene rings is 1. The van der Waals surface area contributed by atoms with Crippen molar-refractivity contribution in [2.45, 2.75) is 28.8 Å². The normalized spacial score (nSPS) is 21.5. The van der Waals surface area contributed by atoms with Crippen molar-refractivity contribution in [1.29, 1.82) is 0 Å². The number of para-hydroxylation sites is 1. The molecule has 2 unspecified atom stereocenters. The number of likely N-dealkylation sites (tertiary alicyclic amines) is 1. The Hall–Kier alpha value is -4.45. The zero-order valence-electron chi connectivity index (χ0n) is 20.1. The van der Waals surface area contributed by atoms with E-state index in [2.05, 4.69) is 32.2 Å². The van der Waals surface area contributed by atoms with Gasteiger partial charge in [-0.2, -0.15) is 0 Å². The molecular formula is C26H23N7O4S.